The topological polar surface area (TPSA) is 48.7 Å². The van der Waals surface area contributed by atoms with Crippen LogP contribution < -0.4 is 5.32 Å². The maximum absolute atomic E-state index is 8.97. The first-order valence-electron chi connectivity index (χ1n) is 5.95. The van der Waals surface area contributed by atoms with Crippen LogP contribution in [0.4, 0.5) is 5.82 Å². The Labute approximate surface area is 107 Å². The highest BCUT2D eigenvalue weighted by atomic mass is 15.0. The molecule has 90 valence electrons. The summed E-state index contributed by atoms with van der Waals surface area (Å²) >= 11 is 0. The smallest absolute Gasteiger partial charge is 0.143 e. The zero-order valence-corrected chi connectivity index (χ0v) is 10.3. The van der Waals surface area contributed by atoms with Crippen molar-refractivity contribution in [2.24, 2.45) is 0 Å². The highest BCUT2D eigenvalue weighted by Gasteiger charge is 2.07. The number of nitrogens with one attached hydrogen (secondary N) is 1. The molecule has 1 aromatic heterocycles. The Balaban J connectivity index is 2.02. The first-order valence-corrected chi connectivity index (χ1v) is 5.95. The quantitative estimate of drug-likeness (QED) is 0.888. The lowest BCUT2D eigenvalue weighted by Gasteiger charge is -2.13. The Bertz CT molecular complexity index is 543. The zero-order chi connectivity index (χ0) is 12.8. The third-order valence-corrected chi connectivity index (χ3v) is 2.87. The van der Waals surface area contributed by atoms with E-state index in [0.29, 0.717) is 17.3 Å². The predicted molar refractivity (Wildman–Crippen MR) is 72.3 cm³/mol. The third kappa shape index (κ3) is 2.86. The van der Waals surface area contributed by atoms with Gasteiger partial charge in [-0.2, -0.15) is 5.26 Å². The summed E-state index contributed by atoms with van der Waals surface area (Å²) in [6.45, 7) is 2.91. The molecule has 1 N–H and O–H groups in total. The van der Waals surface area contributed by atoms with Gasteiger partial charge in [-0.1, -0.05) is 37.3 Å². The predicted octanol–water partition coefficient (Wildman–Crippen LogP) is 3.17. The molecular weight excluding hydrogens is 222 g/mol. The SMILES string of the molecule is CC(CNc1ncccc1C#N)c1ccccc1. The van der Waals surface area contributed by atoms with Crippen LogP contribution in [0.25, 0.3) is 0 Å². The second-order valence-electron chi connectivity index (χ2n) is 4.20. The maximum Gasteiger partial charge on any atom is 0.143 e. The van der Waals surface area contributed by atoms with E-state index in [-0.39, 0.29) is 0 Å². The fourth-order valence-corrected chi connectivity index (χ4v) is 1.79. The fourth-order valence-electron chi connectivity index (χ4n) is 1.79. The molecule has 2 rings (SSSR count). The van der Waals surface area contributed by atoms with E-state index in [4.69, 9.17) is 5.26 Å². The lowest BCUT2D eigenvalue weighted by Crippen LogP contribution is -2.11. The minimum absolute atomic E-state index is 0.375. The molecule has 1 aromatic carbocycles. The summed E-state index contributed by atoms with van der Waals surface area (Å²) in [5.41, 5.74) is 1.86. The average Bonchev–Trinajstić information content (AvgIpc) is 2.46. The van der Waals surface area contributed by atoms with E-state index in [1.54, 1.807) is 18.3 Å². The van der Waals surface area contributed by atoms with Crippen molar-refractivity contribution in [3.05, 3.63) is 59.8 Å². The van der Waals surface area contributed by atoms with E-state index in [2.05, 4.69) is 35.4 Å². The molecule has 0 aliphatic heterocycles. The van der Waals surface area contributed by atoms with E-state index in [0.717, 1.165) is 6.54 Å². The molecule has 0 radical (unpaired) electrons. The van der Waals surface area contributed by atoms with Gasteiger partial charge in [-0.15, -0.1) is 0 Å². The van der Waals surface area contributed by atoms with Gasteiger partial charge in [-0.05, 0) is 23.6 Å². The number of aromatic nitrogens is 1. The number of benzene rings is 1. The van der Waals surface area contributed by atoms with Gasteiger partial charge in [-0.3, -0.25) is 0 Å². The highest BCUT2D eigenvalue weighted by molar-refractivity contribution is 5.51. The number of pyridine rings is 1. The van der Waals surface area contributed by atoms with Crippen LogP contribution >= 0.6 is 0 Å². The molecule has 3 nitrogen and oxygen atoms in total. The molecule has 2 aromatic rings. The molecule has 0 bridgehead atoms. The van der Waals surface area contributed by atoms with E-state index < -0.39 is 0 Å². The molecule has 0 saturated carbocycles. The third-order valence-electron chi connectivity index (χ3n) is 2.87. The van der Waals surface area contributed by atoms with Gasteiger partial charge < -0.3 is 5.32 Å². The van der Waals surface area contributed by atoms with Crippen molar-refractivity contribution in [2.45, 2.75) is 12.8 Å². The zero-order valence-electron chi connectivity index (χ0n) is 10.3. The van der Waals surface area contributed by atoms with Gasteiger partial charge in [-0.25, -0.2) is 4.98 Å². The van der Waals surface area contributed by atoms with Gasteiger partial charge in [0.05, 0.1) is 5.56 Å². The highest BCUT2D eigenvalue weighted by Crippen LogP contribution is 2.16. The minimum Gasteiger partial charge on any atom is -0.368 e. The summed E-state index contributed by atoms with van der Waals surface area (Å²) < 4.78 is 0. The van der Waals surface area contributed by atoms with Gasteiger partial charge in [0, 0.05) is 12.7 Å². The van der Waals surface area contributed by atoms with Crippen LogP contribution in [-0.4, -0.2) is 11.5 Å². The largest absolute Gasteiger partial charge is 0.368 e. The molecule has 0 aliphatic carbocycles. The number of nitrogens with zero attached hydrogens (tertiary/aromatic N) is 2. The summed E-state index contributed by atoms with van der Waals surface area (Å²) in [6, 6.07) is 16.0. The van der Waals surface area contributed by atoms with Gasteiger partial charge in [0.15, 0.2) is 0 Å². The molecule has 3 heteroatoms. The molecule has 0 spiro atoms. The second-order valence-corrected chi connectivity index (χ2v) is 4.20. The van der Waals surface area contributed by atoms with E-state index in [1.165, 1.54) is 5.56 Å². The minimum atomic E-state index is 0.375. The maximum atomic E-state index is 8.97. The molecule has 1 heterocycles. The van der Waals surface area contributed by atoms with Crippen molar-refractivity contribution < 1.29 is 0 Å². The normalized spacial score (nSPS) is 11.6. The number of anilines is 1. The van der Waals surface area contributed by atoms with Crippen LogP contribution in [0.1, 0.15) is 24.0 Å². The van der Waals surface area contributed by atoms with Crippen molar-refractivity contribution >= 4 is 5.82 Å². The van der Waals surface area contributed by atoms with Crippen molar-refractivity contribution in [1.29, 1.82) is 5.26 Å². The molecule has 0 amide bonds. The molecular formula is C15H15N3. The summed E-state index contributed by atoms with van der Waals surface area (Å²) in [4.78, 5) is 4.18. The summed E-state index contributed by atoms with van der Waals surface area (Å²) in [5.74, 6) is 1.03. The Morgan fingerprint density at radius 1 is 1.22 bits per heavy atom. The Hall–Kier alpha value is -2.34. The lowest BCUT2D eigenvalue weighted by molar-refractivity contribution is 0.801. The van der Waals surface area contributed by atoms with Gasteiger partial charge in [0.2, 0.25) is 0 Å². The van der Waals surface area contributed by atoms with Crippen LogP contribution in [0, 0.1) is 11.3 Å². The molecule has 0 saturated heterocycles. The van der Waals surface area contributed by atoms with Crippen LogP contribution in [-0.2, 0) is 0 Å². The Morgan fingerprint density at radius 3 is 2.72 bits per heavy atom. The van der Waals surface area contributed by atoms with Crippen molar-refractivity contribution in [1.82, 2.24) is 4.98 Å². The number of rotatable bonds is 4. The first kappa shape index (κ1) is 12.1. The second kappa shape index (κ2) is 5.83. The van der Waals surface area contributed by atoms with Gasteiger partial charge in [0.1, 0.15) is 11.9 Å². The van der Waals surface area contributed by atoms with Crippen molar-refractivity contribution in [2.75, 3.05) is 11.9 Å². The van der Waals surface area contributed by atoms with Gasteiger partial charge in [0.25, 0.3) is 0 Å². The number of nitriles is 1. The molecule has 0 fully saturated rings. The average molecular weight is 237 g/mol. The molecule has 0 aliphatic rings. The van der Waals surface area contributed by atoms with Crippen LogP contribution in [0.5, 0.6) is 0 Å². The summed E-state index contributed by atoms with van der Waals surface area (Å²) in [6.07, 6.45) is 1.69. The summed E-state index contributed by atoms with van der Waals surface area (Å²) in [5, 5.41) is 12.2. The monoisotopic (exact) mass is 237 g/mol. The lowest BCUT2D eigenvalue weighted by atomic mass is 10.0. The molecule has 18 heavy (non-hydrogen) atoms. The molecule has 1 atom stereocenters. The number of hydrogen-bond acceptors (Lipinski definition) is 3. The van der Waals surface area contributed by atoms with E-state index >= 15 is 0 Å². The standard InChI is InChI=1S/C15H15N3/c1-12(13-6-3-2-4-7-13)11-18-15-14(10-16)8-5-9-17-15/h2-9,12H,11H2,1H3,(H,17,18). The van der Waals surface area contributed by atoms with Crippen LogP contribution in [0.2, 0.25) is 0 Å². The van der Waals surface area contributed by atoms with Crippen molar-refractivity contribution in [3.63, 3.8) is 0 Å². The van der Waals surface area contributed by atoms with Crippen LogP contribution in [0.15, 0.2) is 48.7 Å². The Kier molecular flexibility index (Phi) is 3.93. The van der Waals surface area contributed by atoms with Gasteiger partial charge >= 0.3 is 0 Å². The fraction of sp³-hybridized carbons (Fsp3) is 0.200. The summed E-state index contributed by atoms with van der Waals surface area (Å²) in [7, 11) is 0. The van der Waals surface area contributed by atoms with Crippen molar-refractivity contribution in [3.8, 4) is 6.07 Å². The molecule has 1 unspecified atom stereocenters. The number of hydrogen-bond donors (Lipinski definition) is 1. The van der Waals surface area contributed by atoms with E-state index in [1.807, 2.05) is 18.2 Å². The van der Waals surface area contributed by atoms with E-state index in [9.17, 15) is 0 Å². The Morgan fingerprint density at radius 2 is 2.00 bits per heavy atom. The first-order chi connectivity index (χ1) is 8.81. The van der Waals surface area contributed by atoms with Crippen LogP contribution in [0.3, 0.4) is 0 Å².